The second kappa shape index (κ2) is 46.5. The highest BCUT2D eigenvalue weighted by Crippen LogP contribution is 2.12. The number of carbonyl (C=O) groups excluding carboxylic acids is 3. The Balaban J connectivity index is 4.52. The van der Waals surface area contributed by atoms with Crippen LogP contribution >= 0.6 is 0 Å². The van der Waals surface area contributed by atoms with E-state index in [1.807, 2.05) is 27.2 Å². The van der Waals surface area contributed by atoms with E-state index in [1.165, 1.54) is 44.9 Å². The van der Waals surface area contributed by atoms with E-state index in [1.54, 1.807) is 0 Å². The third kappa shape index (κ3) is 47.7. The standard InChI is InChI=1S/C56H91NO8/c1-6-8-10-12-14-16-18-20-22-24-25-26-27-28-29-31-33-35-37-39-41-43-45-47-54(59)65-52(51-64-56(55(60)61)62-49-48-57(3,4)5)50-63-53(58)46-44-42-40-38-36-34-32-30-23-21-19-17-15-13-11-9-7-2/h8,10,14-17,20-23,25-26,28-29,33,35,39,41,52,56H,6-7,9,11-13,18-19,24,27,30-32,34,36-38,40,42-51H2,1-5H3/b10-8-,16-14-,17-15-,22-20-,23-21-,26-25-,29-28-,35-33-,41-39-. The van der Waals surface area contributed by atoms with Crippen LogP contribution in [0.3, 0.4) is 0 Å². The number of quaternary nitrogens is 1. The maximum atomic E-state index is 12.8. The minimum absolute atomic E-state index is 0.129. The van der Waals surface area contributed by atoms with Crippen molar-refractivity contribution in [2.24, 2.45) is 0 Å². The first-order valence-corrected chi connectivity index (χ1v) is 25.0. The fourth-order valence-electron chi connectivity index (χ4n) is 6.14. The Kier molecular flexibility index (Phi) is 43.6. The molecule has 9 heteroatoms. The van der Waals surface area contributed by atoms with Gasteiger partial charge in [0.15, 0.2) is 12.4 Å². The second-order valence-electron chi connectivity index (χ2n) is 17.4. The molecule has 0 aromatic rings. The topological polar surface area (TPSA) is 111 Å². The summed E-state index contributed by atoms with van der Waals surface area (Å²) in [6.07, 6.45) is 59.8. The third-order valence-electron chi connectivity index (χ3n) is 10.0. The molecule has 0 bridgehead atoms. The highest BCUT2D eigenvalue weighted by molar-refractivity contribution is 5.70. The lowest BCUT2D eigenvalue weighted by molar-refractivity contribution is -0.870. The van der Waals surface area contributed by atoms with Gasteiger partial charge >= 0.3 is 11.9 Å². The summed E-state index contributed by atoms with van der Waals surface area (Å²) in [5.41, 5.74) is 0. The molecule has 368 valence electrons. The van der Waals surface area contributed by atoms with Crippen LogP contribution in [-0.2, 0) is 33.3 Å². The number of rotatable bonds is 44. The zero-order chi connectivity index (χ0) is 47.7. The molecule has 0 amide bonds. The van der Waals surface area contributed by atoms with Crippen molar-refractivity contribution >= 4 is 17.9 Å². The molecule has 0 rings (SSSR count). The van der Waals surface area contributed by atoms with Crippen molar-refractivity contribution in [1.29, 1.82) is 0 Å². The Morgan fingerprint density at radius 2 is 0.892 bits per heavy atom. The predicted octanol–water partition coefficient (Wildman–Crippen LogP) is 12.7. The summed E-state index contributed by atoms with van der Waals surface area (Å²) in [6.45, 7) is 4.50. The summed E-state index contributed by atoms with van der Waals surface area (Å²) >= 11 is 0. The molecule has 2 unspecified atom stereocenters. The first-order valence-electron chi connectivity index (χ1n) is 25.0. The molecule has 0 N–H and O–H groups in total. The monoisotopic (exact) mass is 906 g/mol. The van der Waals surface area contributed by atoms with Gasteiger partial charge in [-0.15, -0.1) is 0 Å². The summed E-state index contributed by atoms with van der Waals surface area (Å²) in [6, 6.07) is 0. The Labute approximate surface area is 396 Å². The quantitative estimate of drug-likeness (QED) is 0.0195. The third-order valence-corrected chi connectivity index (χ3v) is 10.0. The molecule has 0 radical (unpaired) electrons. The van der Waals surface area contributed by atoms with Crippen LogP contribution in [0.1, 0.15) is 168 Å². The van der Waals surface area contributed by atoms with Crippen molar-refractivity contribution in [3.63, 3.8) is 0 Å². The minimum atomic E-state index is -1.64. The zero-order valence-electron chi connectivity index (χ0n) is 41.6. The maximum absolute atomic E-state index is 12.8. The van der Waals surface area contributed by atoms with Gasteiger partial charge in [0.25, 0.3) is 0 Å². The summed E-state index contributed by atoms with van der Waals surface area (Å²) in [5.74, 6) is -2.39. The maximum Gasteiger partial charge on any atom is 0.306 e. The van der Waals surface area contributed by atoms with Gasteiger partial charge < -0.3 is 33.3 Å². The van der Waals surface area contributed by atoms with E-state index >= 15 is 0 Å². The van der Waals surface area contributed by atoms with Crippen molar-refractivity contribution in [3.8, 4) is 0 Å². The molecular weight excluding hydrogens is 815 g/mol. The van der Waals surface area contributed by atoms with Crippen LogP contribution in [0, 0.1) is 0 Å². The first-order chi connectivity index (χ1) is 31.6. The molecule has 0 aromatic carbocycles. The summed E-state index contributed by atoms with van der Waals surface area (Å²) in [5, 5.41) is 11.7. The van der Waals surface area contributed by atoms with E-state index in [2.05, 4.69) is 117 Å². The summed E-state index contributed by atoms with van der Waals surface area (Å²) < 4.78 is 22.5. The SMILES string of the molecule is CC/C=C\C/C=C\C/C=C\C/C=C\C/C=C\C/C=C\C/C=C\CCCC(=O)OC(COC(=O)CCCCCCCCC/C=C\C/C=C\CCCCC)COC(OCC[N+](C)(C)C)C(=O)[O-]. The molecule has 0 heterocycles. The predicted molar refractivity (Wildman–Crippen MR) is 269 cm³/mol. The van der Waals surface area contributed by atoms with E-state index < -0.39 is 24.3 Å². The van der Waals surface area contributed by atoms with E-state index in [9.17, 15) is 19.5 Å². The molecule has 0 saturated carbocycles. The van der Waals surface area contributed by atoms with Gasteiger partial charge in [-0.25, -0.2) is 0 Å². The molecule has 0 aromatic heterocycles. The number of hydrogen-bond donors (Lipinski definition) is 0. The molecule has 9 nitrogen and oxygen atoms in total. The van der Waals surface area contributed by atoms with Crippen LogP contribution in [0.15, 0.2) is 109 Å². The lowest BCUT2D eigenvalue weighted by atomic mass is 10.1. The highest BCUT2D eigenvalue weighted by atomic mass is 16.7. The first kappa shape index (κ1) is 60.9. The zero-order valence-corrected chi connectivity index (χ0v) is 41.6. The molecule has 0 aliphatic carbocycles. The molecule has 2 atom stereocenters. The van der Waals surface area contributed by atoms with Crippen LogP contribution in [0.25, 0.3) is 0 Å². The molecule has 0 aliphatic rings. The Bertz CT molecular complexity index is 1430. The molecule has 0 fully saturated rings. The van der Waals surface area contributed by atoms with Gasteiger partial charge in [0.2, 0.25) is 0 Å². The van der Waals surface area contributed by atoms with Gasteiger partial charge in [0, 0.05) is 12.8 Å². The number of ether oxygens (including phenoxy) is 4. The lowest BCUT2D eigenvalue weighted by Crippen LogP contribution is -2.44. The Morgan fingerprint density at radius 1 is 0.477 bits per heavy atom. The van der Waals surface area contributed by atoms with Gasteiger partial charge in [-0.05, 0) is 96.3 Å². The van der Waals surface area contributed by atoms with Crippen LogP contribution < -0.4 is 5.11 Å². The van der Waals surface area contributed by atoms with Gasteiger partial charge in [-0.1, -0.05) is 168 Å². The summed E-state index contributed by atoms with van der Waals surface area (Å²) in [7, 11) is 5.88. The molecule has 0 saturated heterocycles. The minimum Gasteiger partial charge on any atom is -0.545 e. The highest BCUT2D eigenvalue weighted by Gasteiger charge is 2.21. The van der Waals surface area contributed by atoms with Gasteiger partial charge in [0.1, 0.15) is 13.2 Å². The molecule has 65 heavy (non-hydrogen) atoms. The van der Waals surface area contributed by atoms with Crippen LogP contribution in [0.2, 0.25) is 0 Å². The van der Waals surface area contributed by atoms with Crippen LogP contribution in [0.4, 0.5) is 0 Å². The van der Waals surface area contributed by atoms with E-state index in [0.717, 1.165) is 83.5 Å². The number of hydrogen-bond acceptors (Lipinski definition) is 8. The summed E-state index contributed by atoms with van der Waals surface area (Å²) in [4.78, 5) is 37.1. The number of likely N-dealkylation sites (N-methyl/N-ethyl adjacent to an activating group) is 1. The number of allylic oxidation sites excluding steroid dienone is 18. The number of unbranched alkanes of at least 4 members (excludes halogenated alkanes) is 11. The van der Waals surface area contributed by atoms with Crippen LogP contribution in [-0.4, -0.2) is 82.3 Å². The number of carbonyl (C=O) groups is 3. The lowest BCUT2D eigenvalue weighted by Gasteiger charge is -2.26. The van der Waals surface area contributed by atoms with Gasteiger partial charge in [0.05, 0.1) is 40.3 Å². The Hall–Kier alpha value is -4.05. The van der Waals surface area contributed by atoms with Crippen molar-refractivity contribution in [3.05, 3.63) is 109 Å². The largest absolute Gasteiger partial charge is 0.545 e. The molecule has 0 spiro atoms. The Morgan fingerprint density at radius 3 is 1.35 bits per heavy atom. The second-order valence-corrected chi connectivity index (χ2v) is 17.4. The van der Waals surface area contributed by atoms with Crippen molar-refractivity contribution in [2.45, 2.75) is 180 Å². The molecular formula is C56H91NO8. The number of esters is 2. The number of carboxylic acids is 1. The number of aliphatic carboxylic acids is 1. The average molecular weight is 906 g/mol. The average Bonchev–Trinajstić information content (AvgIpc) is 3.27. The van der Waals surface area contributed by atoms with Gasteiger partial charge in [-0.2, -0.15) is 0 Å². The molecule has 0 aliphatic heterocycles. The fourth-order valence-corrected chi connectivity index (χ4v) is 6.14. The number of nitrogens with zero attached hydrogens (tertiary/aromatic N) is 1. The van der Waals surface area contributed by atoms with Crippen molar-refractivity contribution in [2.75, 3.05) is 47.5 Å². The van der Waals surface area contributed by atoms with Gasteiger partial charge in [-0.3, -0.25) is 9.59 Å². The van der Waals surface area contributed by atoms with E-state index in [0.29, 0.717) is 23.9 Å². The number of carboxylic acid groups (broad SMARTS) is 1. The smallest absolute Gasteiger partial charge is 0.306 e. The normalized spacial score (nSPS) is 13.8. The van der Waals surface area contributed by atoms with Crippen molar-refractivity contribution in [1.82, 2.24) is 0 Å². The fraction of sp³-hybridized carbons (Fsp3) is 0.625. The van der Waals surface area contributed by atoms with E-state index in [4.69, 9.17) is 18.9 Å². The van der Waals surface area contributed by atoms with E-state index in [-0.39, 0.29) is 38.6 Å². The van der Waals surface area contributed by atoms with Crippen molar-refractivity contribution < 1.29 is 42.9 Å². The van der Waals surface area contributed by atoms with Crippen LogP contribution in [0.5, 0.6) is 0 Å².